The lowest BCUT2D eigenvalue weighted by atomic mass is 10.1. The molecule has 6 nitrogen and oxygen atoms in total. The van der Waals surface area contributed by atoms with Crippen molar-refractivity contribution in [3.63, 3.8) is 0 Å². The van der Waals surface area contributed by atoms with Gasteiger partial charge in [0.15, 0.2) is 5.76 Å². The summed E-state index contributed by atoms with van der Waals surface area (Å²) in [5, 5.41) is 15.6. The standard InChI is InChI=1S/C19H22N4O2/c1-14-12-18(25-22-14)17-4-2-10-23(17)11-3-5-19(24)21-16-8-6-15(13-20)7-9-16/h6-9,12,17H,2-5,10-11H2,1H3,(H,21,24)/t17-/m1/s1. The molecule has 130 valence electrons. The Kier molecular flexibility index (Phi) is 5.46. The number of amides is 1. The fraction of sp³-hybridized carbons (Fsp3) is 0.421. The first-order valence-corrected chi connectivity index (χ1v) is 8.63. The number of aryl methyl sites for hydroxylation is 1. The quantitative estimate of drug-likeness (QED) is 0.873. The average Bonchev–Trinajstić information content (AvgIpc) is 3.24. The molecule has 1 aromatic heterocycles. The SMILES string of the molecule is Cc1cc([C@H]2CCCN2CCCC(=O)Nc2ccc(C#N)cc2)on1. The van der Waals surface area contributed by atoms with Crippen molar-refractivity contribution in [3.05, 3.63) is 47.3 Å². The molecule has 1 N–H and O–H groups in total. The number of carbonyl (C=O) groups excluding carboxylic acids is 1. The number of nitrogens with zero attached hydrogens (tertiary/aromatic N) is 3. The monoisotopic (exact) mass is 338 g/mol. The Balaban J connectivity index is 1.45. The van der Waals surface area contributed by atoms with Crippen LogP contribution in [0.15, 0.2) is 34.9 Å². The van der Waals surface area contributed by atoms with Gasteiger partial charge < -0.3 is 9.84 Å². The molecule has 3 rings (SSSR count). The van der Waals surface area contributed by atoms with Crippen molar-refractivity contribution >= 4 is 11.6 Å². The molecule has 0 radical (unpaired) electrons. The number of rotatable bonds is 6. The minimum atomic E-state index is -0.00374. The molecule has 0 bridgehead atoms. The van der Waals surface area contributed by atoms with Crippen LogP contribution in [-0.4, -0.2) is 29.1 Å². The maximum atomic E-state index is 12.1. The second kappa shape index (κ2) is 7.95. The molecule has 1 saturated heterocycles. The molecular formula is C19H22N4O2. The van der Waals surface area contributed by atoms with Crippen LogP contribution in [0.5, 0.6) is 0 Å². The highest BCUT2D eigenvalue weighted by atomic mass is 16.5. The van der Waals surface area contributed by atoms with Crippen LogP contribution >= 0.6 is 0 Å². The molecule has 1 aliphatic rings. The van der Waals surface area contributed by atoms with Crippen LogP contribution in [0.1, 0.15) is 48.7 Å². The Hall–Kier alpha value is -2.65. The Labute approximate surface area is 147 Å². The van der Waals surface area contributed by atoms with Gasteiger partial charge in [0.25, 0.3) is 0 Å². The van der Waals surface area contributed by atoms with Gasteiger partial charge in [0, 0.05) is 18.2 Å². The van der Waals surface area contributed by atoms with Crippen LogP contribution in [-0.2, 0) is 4.79 Å². The number of nitriles is 1. The van der Waals surface area contributed by atoms with Gasteiger partial charge in [-0.2, -0.15) is 5.26 Å². The predicted molar refractivity (Wildman–Crippen MR) is 93.8 cm³/mol. The maximum absolute atomic E-state index is 12.1. The van der Waals surface area contributed by atoms with E-state index < -0.39 is 0 Å². The minimum Gasteiger partial charge on any atom is -0.359 e. The molecule has 1 atom stereocenters. The summed E-state index contributed by atoms with van der Waals surface area (Å²) in [6.45, 7) is 3.83. The molecule has 0 saturated carbocycles. The highest BCUT2D eigenvalue weighted by Gasteiger charge is 2.28. The van der Waals surface area contributed by atoms with Crippen LogP contribution in [0.4, 0.5) is 5.69 Å². The van der Waals surface area contributed by atoms with E-state index in [0.717, 1.165) is 49.5 Å². The van der Waals surface area contributed by atoms with E-state index in [-0.39, 0.29) is 11.9 Å². The zero-order valence-electron chi connectivity index (χ0n) is 14.4. The number of hydrogen-bond acceptors (Lipinski definition) is 5. The summed E-state index contributed by atoms with van der Waals surface area (Å²) >= 11 is 0. The van der Waals surface area contributed by atoms with Gasteiger partial charge in [-0.3, -0.25) is 9.69 Å². The molecule has 2 heterocycles. The fourth-order valence-corrected chi connectivity index (χ4v) is 3.25. The lowest BCUT2D eigenvalue weighted by Gasteiger charge is -2.21. The number of hydrogen-bond donors (Lipinski definition) is 1. The van der Waals surface area contributed by atoms with Crippen molar-refractivity contribution in [2.45, 2.75) is 38.6 Å². The van der Waals surface area contributed by atoms with Crippen molar-refractivity contribution in [2.24, 2.45) is 0 Å². The summed E-state index contributed by atoms with van der Waals surface area (Å²) < 4.78 is 5.41. The third-order valence-electron chi connectivity index (χ3n) is 4.49. The summed E-state index contributed by atoms with van der Waals surface area (Å²) in [5.41, 5.74) is 2.21. The first-order chi connectivity index (χ1) is 12.2. The lowest BCUT2D eigenvalue weighted by Crippen LogP contribution is -2.25. The van der Waals surface area contributed by atoms with E-state index in [4.69, 9.17) is 9.78 Å². The third-order valence-corrected chi connectivity index (χ3v) is 4.49. The first-order valence-electron chi connectivity index (χ1n) is 8.63. The van der Waals surface area contributed by atoms with Crippen LogP contribution in [0, 0.1) is 18.3 Å². The molecule has 0 unspecified atom stereocenters. The highest BCUT2D eigenvalue weighted by molar-refractivity contribution is 5.90. The number of aromatic nitrogens is 1. The van der Waals surface area contributed by atoms with Crippen LogP contribution in [0.3, 0.4) is 0 Å². The van der Waals surface area contributed by atoms with Crippen molar-refractivity contribution in [2.75, 3.05) is 18.4 Å². The van der Waals surface area contributed by atoms with E-state index in [1.54, 1.807) is 24.3 Å². The summed E-state index contributed by atoms with van der Waals surface area (Å²) in [6, 6.07) is 11.2. The predicted octanol–water partition coefficient (Wildman–Crippen LogP) is 3.41. The van der Waals surface area contributed by atoms with E-state index in [1.165, 1.54) is 0 Å². The van der Waals surface area contributed by atoms with E-state index in [1.807, 2.05) is 13.0 Å². The number of benzene rings is 1. The molecule has 1 aromatic carbocycles. The van der Waals surface area contributed by atoms with E-state index >= 15 is 0 Å². The van der Waals surface area contributed by atoms with Gasteiger partial charge in [-0.05, 0) is 63.5 Å². The molecule has 1 amide bonds. The van der Waals surface area contributed by atoms with Crippen molar-refractivity contribution < 1.29 is 9.32 Å². The van der Waals surface area contributed by atoms with Gasteiger partial charge in [-0.25, -0.2) is 0 Å². The third kappa shape index (κ3) is 4.46. The highest BCUT2D eigenvalue weighted by Crippen LogP contribution is 2.32. The molecule has 25 heavy (non-hydrogen) atoms. The fourth-order valence-electron chi connectivity index (χ4n) is 3.25. The number of carbonyl (C=O) groups is 1. The zero-order valence-corrected chi connectivity index (χ0v) is 14.4. The van der Waals surface area contributed by atoms with Crippen LogP contribution in [0.2, 0.25) is 0 Å². The number of nitrogens with one attached hydrogen (secondary N) is 1. The second-order valence-corrected chi connectivity index (χ2v) is 6.41. The molecule has 6 heteroatoms. The van der Waals surface area contributed by atoms with Crippen molar-refractivity contribution in [3.8, 4) is 6.07 Å². The van der Waals surface area contributed by atoms with Gasteiger partial charge >= 0.3 is 0 Å². The Bertz CT molecular complexity index is 760. The topological polar surface area (TPSA) is 82.2 Å². The molecular weight excluding hydrogens is 316 g/mol. The molecule has 0 aliphatic carbocycles. The van der Waals surface area contributed by atoms with Gasteiger partial charge in [0.1, 0.15) is 0 Å². The largest absolute Gasteiger partial charge is 0.359 e. The smallest absolute Gasteiger partial charge is 0.224 e. The van der Waals surface area contributed by atoms with Gasteiger partial charge in [-0.15, -0.1) is 0 Å². The van der Waals surface area contributed by atoms with Crippen molar-refractivity contribution in [1.82, 2.24) is 10.1 Å². The Morgan fingerprint density at radius 2 is 2.24 bits per heavy atom. The zero-order chi connectivity index (χ0) is 17.6. The van der Waals surface area contributed by atoms with Crippen LogP contribution < -0.4 is 5.32 Å². The molecule has 2 aromatic rings. The first kappa shape index (κ1) is 17.2. The summed E-state index contributed by atoms with van der Waals surface area (Å²) in [4.78, 5) is 14.4. The number of likely N-dealkylation sites (tertiary alicyclic amines) is 1. The van der Waals surface area contributed by atoms with Gasteiger partial charge in [-0.1, -0.05) is 5.16 Å². The van der Waals surface area contributed by atoms with E-state index in [9.17, 15) is 4.79 Å². The summed E-state index contributed by atoms with van der Waals surface area (Å²) in [6.07, 6.45) is 3.48. The minimum absolute atomic E-state index is 0.00374. The molecule has 0 spiro atoms. The normalized spacial score (nSPS) is 17.4. The van der Waals surface area contributed by atoms with Crippen molar-refractivity contribution in [1.29, 1.82) is 5.26 Å². The van der Waals surface area contributed by atoms with E-state index in [2.05, 4.69) is 21.4 Å². The Morgan fingerprint density at radius 3 is 2.92 bits per heavy atom. The number of anilines is 1. The van der Waals surface area contributed by atoms with Gasteiger partial charge in [0.05, 0.1) is 23.4 Å². The average molecular weight is 338 g/mol. The maximum Gasteiger partial charge on any atom is 0.224 e. The lowest BCUT2D eigenvalue weighted by molar-refractivity contribution is -0.116. The van der Waals surface area contributed by atoms with E-state index in [0.29, 0.717) is 12.0 Å². The summed E-state index contributed by atoms with van der Waals surface area (Å²) in [7, 11) is 0. The summed E-state index contributed by atoms with van der Waals surface area (Å²) in [5.74, 6) is 0.924. The molecule has 1 fully saturated rings. The van der Waals surface area contributed by atoms with Gasteiger partial charge in [0.2, 0.25) is 5.91 Å². The van der Waals surface area contributed by atoms with Crippen LogP contribution in [0.25, 0.3) is 0 Å². The second-order valence-electron chi connectivity index (χ2n) is 6.41. The Morgan fingerprint density at radius 1 is 1.44 bits per heavy atom. The molecule has 1 aliphatic heterocycles.